The zero-order valence-corrected chi connectivity index (χ0v) is 9.78. The summed E-state index contributed by atoms with van der Waals surface area (Å²) in [5.74, 6) is 1.06. The number of ether oxygens (including phenoxy) is 1. The van der Waals surface area contributed by atoms with Crippen LogP contribution in [0.3, 0.4) is 0 Å². The van der Waals surface area contributed by atoms with Crippen molar-refractivity contribution in [3.63, 3.8) is 0 Å². The second kappa shape index (κ2) is 4.93. The number of hydrogen-bond acceptors (Lipinski definition) is 3. The van der Waals surface area contributed by atoms with Crippen LogP contribution in [0, 0.1) is 5.92 Å². The number of halogens is 1. The molecule has 0 bridgehead atoms. The third-order valence-corrected chi connectivity index (χ3v) is 3.25. The fourth-order valence-electron chi connectivity index (χ4n) is 2.11. The molecule has 0 amide bonds. The summed E-state index contributed by atoms with van der Waals surface area (Å²) in [7, 11) is 0. The van der Waals surface area contributed by atoms with Gasteiger partial charge in [0.15, 0.2) is 0 Å². The lowest BCUT2D eigenvalue weighted by molar-refractivity contribution is 0.184. The summed E-state index contributed by atoms with van der Waals surface area (Å²) in [6.45, 7) is 0.246. The zero-order chi connectivity index (χ0) is 11.5. The number of anilines is 1. The van der Waals surface area contributed by atoms with Crippen molar-refractivity contribution >= 4 is 17.3 Å². The van der Waals surface area contributed by atoms with Gasteiger partial charge in [0, 0.05) is 11.6 Å². The topological polar surface area (TPSA) is 55.5 Å². The first-order chi connectivity index (χ1) is 7.69. The number of aliphatic hydroxyl groups is 1. The van der Waals surface area contributed by atoms with Crippen molar-refractivity contribution in [2.24, 2.45) is 5.92 Å². The number of rotatable bonds is 3. The Balaban J connectivity index is 1.99. The fraction of sp³-hybridized carbons (Fsp3) is 0.500. The van der Waals surface area contributed by atoms with Crippen LogP contribution in [0.25, 0.3) is 0 Å². The van der Waals surface area contributed by atoms with Crippen LogP contribution in [-0.2, 0) is 0 Å². The molecule has 1 aliphatic rings. The van der Waals surface area contributed by atoms with E-state index in [1.165, 1.54) is 0 Å². The van der Waals surface area contributed by atoms with E-state index in [0.717, 1.165) is 19.3 Å². The van der Waals surface area contributed by atoms with E-state index >= 15 is 0 Å². The minimum atomic E-state index is 0.167. The highest BCUT2D eigenvalue weighted by atomic mass is 35.5. The predicted octanol–water partition coefficient (Wildman–Crippen LogP) is 2.46. The Morgan fingerprint density at radius 3 is 2.88 bits per heavy atom. The molecule has 3 N–H and O–H groups in total. The first kappa shape index (κ1) is 11.6. The van der Waals surface area contributed by atoms with Crippen molar-refractivity contribution in [3.05, 3.63) is 23.2 Å². The van der Waals surface area contributed by atoms with Gasteiger partial charge in [0.1, 0.15) is 5.75 Å². The zero-order valence-electron chi connectivity index (χ0n) is 9.03. The van der Waals surface area contributed by atoms with Crippen molar-refractivity contribution in [3.8, 4) is 5.75 Å². The van der Waals surface area contributed by atoms with Gasteiger partial charge in [-0.15, -0.1) is 0 Å². The number of nitrogens with two attached hydrogens (primary N) is 1. The van der Waals surface area contributed by atoms with Crippen LogP contribution < -0.4 is 10.5 Å². The molecule has 1 fully saturated rings. The second-order valence-electron chi connectivity index (χ2n) is 4.28. The number of aliphatic hydroxyl groups excluding tert-OH is 1. The third-order valence-electron chi connectivity index (χ3n) is 3.02. The summed E-state index contributed by atoms with van der Waals surface area (Å²) in [6, 6.07) is 5.25. The molecule has 0 aromatic heterocycles. The summed E-state index contributed by atoms with van der Waals surface area (Å²) in [5, 5.41) is 9.66. The first-order valence-electron chi connectivity index (χ1n) is 5.51. The number of hydrogen-bond donors (Lipinski definition) is 2. The highest BCUT2D eigenvalue weighted by Gasteiger charge is 2.25. The summed E-state index contributed by atoms with van der Waals surface area (Å²) < 4.78 is 5.80. The summed E-state index contributed by atoms with van der Waals surface area (Å²) >= 11 is 5.81. The van der Waals surface area contributed by atoms with Gasteiger partial charge < -0.3 is 15.6 Å². The van der Waals surface area contributed by atoms with Crippen LogP contribution in [0.2, 0.25) is 5.02 Å². The van der Waals surface area contributed by atoms with Crippen molar-refractivity contribution in [2.75, 3.05) is 12.3 Å². The molecule has 2 atom stereocenters. The molecule has 0 aliphatic heterocycles. The summed E-state index contributed by atoms with van der Waals surface area (Å²) in [6.07, 6.45) is 3.07. The molecule has 0 radical (unpaired) electrons. The SMILES string of the molecule is Nc1cc(Cl)ccc1O[C@H]1CC[C@@H](CO)C1. The second-order valence-corrected chi connectivity index (χ2v) is 4.72. The fourth-order valence-corrected chi connectivity index (χ4v) is 2.29. The highest BCUT2D eigenvalue weighted by Crippen LogP contribution is 2.32. The Hall–Kier alpha value is -0.930. The molecule has 88 valence electrons. The van der Waals surface area contributed by atoms with Crippen LogP contribution in [0.1, 0.15) is 19.3 Å². The molecule has 16 heavy (non-hydrogen) atoms. The van der Waals surface area contributed by atoms with Crippen molar-refractivity contribution in [2.45, 2.75) is 25.4 Å². The van der Waals surface area contributed by atoms with Gasteiger partial charge >= 0.3 is 0 Å². The van der Waals surface area contributed by atoms with Crippen LogP contribution in [-0.4, -0.2) is 17.8 Å². The van der Waals surface area contributed by atoms with E-state index < -0.39 is 0 Å². The molecule has 1 aromatic carbocycles. The average molecular weight is 242 g/mol. The van der Waals surface area contributed by atoms with Gasteiger partial charge in [-0.2, -0.15) is 0 Å². The lowest BCUT2D eigenvalue weighted by Crippen LogP contribution is -2.14. The molecule has 0 unspecified atom stereocenters. The van der Waals surface area contributed by atoms with E-state index in [-0.39, 0.29) is 12.7 Å². The quantitative estimate of drug-likeness (QED) is 0.800. The molecule has 4 heteroatoms. The predicted molar refractivity (Wildman–Crippen MR) is 64.7 cm³/mol. The number of nitrogen functional groups attached to an aromatic ring is 1. The smallest absolute Gasteiger partial charge is 0.142 e. The Morgan fingerprint density at radius 1 is 1.44 bits per heavy atom. The molecule has 3 nitrogen and oxygen atoms in total. The Morgan fingerprint density at radius 2 is 2.25 bits per heavy atom. The van der Waals surface area contributed by atoms with Gasteiger partial charge in [-0.25, -0.2) is 0 Å². The normalized spacial score (nSPS) is 24.6. The summed E-state index contributed by atoms with van der Waals surface area (Å²) in [5.41, 5.74) is 6.38. The Kier molecular flexibility index (Phi) is 3.56. The average Bonchev–Trinajstić information content (AvgIpc) is 2.70. The largest absolute Gasteiger partial charge is 0.488 e. The maximum atomic E-state index is 9.04. The monoisotopic (exact) mass is 241 g/mol. The molecule has 2 rings (SSSR count). The minimum absolute atomic E-state index is 0.167. The Bertz CT molecular complexity index is 370. The van der Waals surface area contributed by atoms with Crippen molar-refractivity contribution < 1.29 is 9.84 Å². The molecular weight excluding hydrogens is 226 g/mol. The molecule has 1 aromatic rings. The Labute approximate surface area is 100 Å². The van der Waals surface area contributed by atoms with E-state index in [1.807, 2.05) is 0 Å². The van der Waals surface area contributed by atoms with Crippen LogP contribution in [0.15, 0.2) is 18.2 Å². The van der Waals surface area contributed by atoms with E-state index in [2.05, 4.69) is 0 Å². The molecule has 0 spiro atoms. The summed E-state index contributed by atoms with van der Waals surface area (Å²) in [4.78, 5) is 0. The van der Waals surface area contributed by atoms with Gasteiger partial charge in [0.2, 0.25) is 0 Å². The minimum Gasteiger partial charge on any atom is -0.488 e. The van der Waals surface area contributed by atoms with Crippen LogP contribution in [0.4, 0.5) is 5.69 Å². The molecular formula is C12H16ClNO2. The van der Waals surface area contributed by atoms with E-state index in [1.54, 1.807) is 18.2 Å². The highest BCUT2D eigenvalue weighted by molar-refractivity contribution is 6.30. The van der Waals surface area contributed by atoms with Gasteiger partial charge in [-0.05, 0) is 43.4 Å². The van der Waals surface area contributed by atoms with Gasteiger partial charge in [0.25, 0.3) is 0 Å². The van der Waals surface area contributed by atoms with Gasteiger partial charge in [-0.3, -0.25) is 0 Å². The van der Waals surface area contributed by atoms with E-state index in [4.69, 9.17) is 27.2 Å². The van der Waals surface area contributed by atoms with Crippen LogP contribution >= 0.6 is 11.6 Å². The van der Waals surface area contributed by atoms with Gasteiger partial charge in [0.05, 0.1) is 11.8 Å². The standard InChI is InChI=1S/C12H16ClNO2/c13-9-2-4-12(11(14)6-9)16-10-3-1-8(5-10)7-15/h2,4,6,8,10,15H,1,3,5,7,14H2/t8-,10+/m1/s1. The maximum Gasteiger partial charge on any atom is 0.142 e. The molecule has 0 saturated heterocycles. The van der Waals surface area contributed by atoms with E-state index in [9.17, 15) is 0 Å². The third kappa shape index (κ3) is 2.60. The molecule has 1 aliphatic carbocycles. The van der Waals surface area contributed by atoms with Crippen LogP contribution in [0.5, 0.6) is 5.75 Å². The molecule has 1 saturated carbocycles. The number of benzene rings is 1. The maximum absolute atomic E-state index is 9.04. The van der Waals surface area contributed by atoms with Crippen molar-refractivity contribution in [1.82, 2.24) is 0 Å². The van der Waals surface area contributed by atoms with E-state index in [0.29, 0.717) is 22.4 Å². The van der Waals surface area contributed by atoms with Gasteiger partial charge in [-0.1, -0.05) is 11.6 Å². The lowest BCUT2D eigenvalue weighted by Gasteiger charge is -2.15. The first-order valence-corrected chi connectivity index (χ1v) is 5.89. The molecule has 0 heterocycles. The lowest BCUT2D eigenvalue weighted by atomic mass is 10.1. The van der Waals surface area contributed by atoms with Crippen molar-refractivity contribution in [1.29, 1.82) is 0 Å².